The van der Waals surface area contributed by atoms with Crippen molar-refractivity contribution in [2.75, 3.05) is 6.61 Å². The van der Waals surface area contributed by atoms with Crippen LogP contribution in [0.2, 0.25) is 0 Å². The lowest BCUT2D eigenvalue weighted by Gasteiger charge is -1.97. The topological polar surface area (TPSA) is 46.2 Å². The van der Waals surface area contributed by atoms with E-state index in [1.54, 1.807) is 0 Å². The molecule has 0 aliphatic carbocycles. The highest BCUT2D eigenvalue weighted by Gasteiger charge is 1.91. The van der Waals surface area contributed by atoms with E-state index in [1.165, 1.54) is 0 Å². The summed E-state index contributed by atoms with van der Waals surface area (Å²) in [5, 5.41) is 8.24. The minimum atomic E-state index is 0.0552. The van der Waals surface area contributed by atoms with Gasteiger partial charge in [-0.3, -0.25) is 0 Å². The SMILES string of the molecule is NC(Br)CCCO. The Balaban J connectivity index is 2.68. The molecule has 0 aromatic heterocycles. The number of hydrogen-bond donors (Lipinski definition) is 2. The van der Waals surface area contributed by atoms with E-state index in [1.807, 2.05) is 0 Å². The molecule has 0 rings (SSSR count). The Kier molecular flexibility index (Phi) is 4.82. The van der Waals surface area contributed by atoms with Crippen molar-refractivity contribution in [2.24, 2.45) is 5.73 Å². The predicted octanol–water partition coefficient (Wildman–Crippen LogP) is 0.439. The van der Waals surface area contributed by atoms with Gasteiger partial charge in [0, 0.05) is 6.61 Å². The first-order valence-electron chi connectivity index (χ1n) is 2.28. The van der Waals surface area contributed by atoms with E-state index in [0.717, 1.165) is 12.8 Å². The Morgan fingerprint density at radius 2 is 2.29 bits per heavy atom. The van der Waals surface area contributed by atoms with Crippen LogP contribution in [0.1, 0.15) is 12.8 Å². The molecule has 0 aliphatic rings. The minimum Gasteiger partial charge on any atom is -0.396 e. The van der Waals surface area contributed by atoms with Crippen molar-refractivity contribution in [3.8, 4) is 0 Å². The maximum atomic E-state index is 8.24. The normalized spacial score (nSPS) is 14.1. The van der Waals surface area contributed by atoms with E-state index in [-0.39, 0.29) is 11.6 Å². The molecule has 3 heteroatoms. The fraction of sp³-hybridized carbons (Fsp3) is 1.00. The number of rotatable bonds is 3. The maximum Gasteiger partial charge on any atom is 0.0606 e. The van der Waals surface area contributed by atoms with E-state index < -0.39 is 0 Å². The maximum absolute atomic E-state index is 8.24. The van der Waals surface area contributed by atoms with Gasteiger partial charge in [-0.25, -0.2) is 0 Å². The van der Waals surface area contributed by atoms with Crippen molar-refractivity contribution in [1.82, 2.24) is 0 Å². The van der Waals surface area contributed by atoms with E-state index >= 15 is 0 Å². The third-order valence-electron chi connectivity index (χ3n) is 0.638. The molecule has 7 heavy (non-hydrogen) atoms. The van der Waals surface area contributed by atoms with E-state index in [9.17, 15) is 0 Å². The van der Waals surface area contributed by atoms with Gasteiger partial charge in [-0.05, 0) is 12.8 Å². The minimum absolute atomic E-state index is 0.0552. The lowest BCUT2D eigenvalue weighted by molar-refractivity contribution is 0.284. The number of alkyl halides is 1. The summed E-state index contributed by atoms with van der Waals surface area (Å²) in [6.07, 6.45) is 1.63. The third kappa shape index (κ3) is 6.40. The quantitative estimate of drug-likeness (QED) is 0.474. The fourth-order valence-electron chi connectivity index (χ4n) is 0.286. The smallest absolute Gasteiger partial charge is 0.0606 e. The van der Waals surface area contributed by atoms with Gasteiger partial charge in [-0.1, -0.05) is 15.9 Å². The second-order valence-electron chi connectivity index (χ2n) is 1.38. The van der Waals surface area contributed by atoms with Gasteiger partial charge in [-0.15, -0.1) is 0 Å². The van der Waals surface area contributed by atoms with Crippen LogP contribution in [-0.4, -0.2) is 16.7 Å². The summed E-state index contributed by atoms with van der Waals surface area (Å²) < 4.78 is 0. The van der Waals surface area contributed by atoms with Gasteiger partial charge in [0.1, 0.15) is 0 Å². The predicted molar refractivity (Wildman–Crippen MR) is 33.2 cm³/mol. The van der Waals surface area contributed by atoms with Gasteiger partial charge in [0.05, 0.1) is 4.95 Å². The Morgan fingerprint density at radius 1 is 1.71 bits per heavy atom. The van der Waals surface area contributed by atoms with Gasteiger partial charge >= 0.3 is 0 Å². The molecule has 0 spiro atoms. The number of nitrogens with two attached hydrogens (primary N) is 1. The number of aliphatic hydroxyl groups excluding tert-OH is 1. The summed E-state index contributed by atoms with van der Waals surface area (Å²) >= 11 is 3.14. The summed E-state index contributed by atoms with van der Waals surface area (Å²) in [6, 6.07) is 0. The van der Waals surface area contributed by atoms with Crippen molar-refractivity contribution in [2.45, 2.75) is 17.8 Å². The first kappa shape index (κ1) is 7.40. The van der Waals surface area contributed by atoms with Crippen LogP contribution in [0.4, 0.5) is 0 Å². The average molecular weight is 168 g/mol. The second-order valence-corrected chi connectivity index (χ2v) is 2.56. The molecule has 0 amide bonds. The number of halogens is 1. The Bertz CT molecular complexity index is 40.7. The summed E-state index contributed by atoms with van der Waals surface area (Å²) in [4.78, 5) is 0.0552. The van der Waals surface area contributed by atoms with Crippen molar-refractivity contribution >= 4 is 15.9 Å². The summed E-state index contributed by atoms with van der Waals surface area (Å²) in [5.41, 5.74) is 5.28. The first-order valence-corrected chi connectivity index (χ1v) is 3.19. The van der Waals surface area contributed by atoms with Crippen LogP contribution >= 0.6 is 15.9 Å². The fourth-order valence-corrected chi connectivity index (χ4v) is 0.610. The summed E-state index contributed by atoms with van der Waals surface area (Å²) in [6.45, 7) is 0.235. The van der Waals surface area contributed by atoms with Crippen molar-refractivity contribution < 1.29 is 5.11 Å². The summed E-state index contributed by atoms with van der Waals surface area (Å²) in [5.74, 6) is 0. The van der Waals surface area contributed by atoms with Gasteiger partial charge in [-0.2, -0.15) is 0 Å². The van der Waals surface area contributed by atoms with Gasteiger partial charge in [0.15, 0.2) is 0 Å². The highest BCUT2D eigenvalue weighted by atomic mass is 79.9. The van der Waals surface area contributed by atoms with E-state index in [2.05, 4.69) is 15.9 Å². The molecular weight excluding hydrogens is 158 g/mol. The lowest BCUT2D eigenvalue weighted by atomic mass is 10.3. The molecule has 0 aromatic rings. The molecule has 1 atom stereocenters. The number of hydrogen-bond acceptors (Lipinski definition) is 2. The summed E-state index contributed by atoms with van der Waals surface area (Å²) in [7, 11) is 0. The van der Waals surface area contributed by atoms with Crippen LogP contribution in [0, 0.1) is 0 Å². The van der Waals surface area contributed by atoms with Crippen molar-refractivity contribution in [3.63, 3.8) is 0 Å². The monoisotopic (exact) mass is 167 g/mol. The highest BCUT2D eigenvalue weighted by Crippen LogP contribution is 1.98. The zero-order chi connectivity index (χ0) is 5.70. The van der Waals surface area contributed by atoms with Gasteiger partial charge < -0.3 is 10.8 Å². The van der Waals surface area contributed by atoms with E-state index in [0.29, 0.717) is 0 Å². The van der Waals surface area contributed by atoms with Crippen LogP contribution < -0.4 is 5.73 Å². The molecule has 0 saturated carbocycles. The Morgan fingerprint density at radius 3 is 2.43 bits per heavy atom. The Labute approximate surface area is 51.8 Å². The molecule has 2 nitrogen and oxygen atoms in total. The molecule has 0 radical (unpaired) electrons. The zero-order valence-corrected chi connectivity index (χ0v) is 5.69. The van der Waals surface area contributed by atoms with Crippen molar-refractivity contribution in [1.29, 1.82) is 0 Å². The molecule has 3 N–H and O–H groups in total. The molecule has 0 fully saturated rings. The largest absolute Gasteiger partial charge is 0.396 e. The second kappa shape index (κ2) is 4.56. The average Bonchev–Trinajstić information content (AvgIpc) is 1.61. The molecule has 1 unspecified atom stereocenters. The van der Waals surface area contributed by atoms with E-state index in [4.69, 9.17) is 10.8 Å². The zero-order valence-electron chi connectivity index (χ0n) is 4.10. The molecule has 44 valence electrons. The van der Waals surface area contributed by atoms with Crippen LogP contribution in [-0.2, 0) is 0 Å². The van der Waals surface area contributed by atoms with Crippen LogP contribution in [0.5, 0.6) is 0 Å². The highest BCUT2D eigenvalue weighted by molar-refractivity contribution is 9.09. The number of aliphatic hydroxyl groups is 1. The van der Waals surface area contributed by atoms with Crippen molar-refractivity contribution in [3.05, 3.63) is 0 Å². The standard InChI is InChI=1S/C4H10BrNO/c5-4(6)2-1-3-7/h4,7H,1-3,6H2. The van der Waals surface area contributed by atoms with Crippen LogP contribution in [0.25, 0.3) is 0 Å². The van der Waals surface area contributed by atoms with Gasteiger partial charge in [0.2, 0.25) is 0 Å². The third-order valence-corrected chi connectivity index (χ3v) is 1.10. The van der Waals surface area contributed by atoms with Crippen LogP contribution in [0.3, 0.4) is 0 Å². The van der Waals surface area contributed by atoms with Crippen LogP contribution in [0.15, 0.2) is 0 Å². The molecule has 0 bridgehead atoms. The molecule has 0 heterocycles. The molecule has 0 aromatic carbocycles. The molecule has 0 saturated heterocycles. The first-order chi connectivity index (χ1) is 3.27. The lowest BCUT2D eigenvalue weighted by Crippen LogP contribution is -2.10. The molecule has 0 aliphatic heterocycles. The molecular formula is C4H10BrNO. The van der Waals surface area contributed by atoms with Gasteiger partial charge in [0.25, 0.3) is 0 Å². The Hall–Kier alpha value is 0.400.